The zero-order chi connectivity index (χ0) is 25.0. The Morgan fingerprint density at radius 2 is 2.09 bits per heavy atom. The van der Waals surface area contributed by atoms with Crippen LogP contribution in [0.4, 0.5) is 0 Å². The van der Waals surface area contributed by atoms with Crippen LogP contribution in [0, 0.1) is 11.3 Å². The lowest BCUT2D eigenvalue weighted by Gasteiger charge is -2.33. The van der Waals surface area contributed by atoms with Gasteiger partial charge in [-0.15, -0.1) is 11.3 Å². The molecule has 1 aliphatic heterocycles. The molecule has 0 spiro atoms. The summed E-state index contributed by atoms with van der Waals surface area (Å²) in [7, 11) is 0. The largest absolute Gasteiger partial charge is 0.508 e. The van der Waals surface area contributed by atoms with Gasteiger partial charge in [0.2, 0.25) is 0 Å². The second kappa shape index (κ2) is 10.1. The van der Waals surface area contributed by atoms with E-state index < -0.39 is 11.6 Å². The van der Waals surface area contributed by atoms with Crippen molar-refractivity contribution < 1.29 is 15.0 Å². The summed E-state index contributed by atoms with van der Waals surface area (Å²) in [5.74, 6) is -0.0990. The molecule has 176 valence electrons. The molecule has 0 amide bonds. The first-order chi connectivity index (χ1) is 16.2. The Kier molecular flexibility index (Phi) is 7.38. The van der Waals surface area contributed by atoms with Crippen LogP contribution < -0.4 is 0 Å². The molecule has 3 rings (SSSR count). The second-order valence-electron chi connectivity index (χ2n) is 8.19. The molecule has 0 fully saturated rings. The summed E-state index contributed by atoms with van der Waals surface area (Å²) in [5.41, 5.74) is 1.42. The Hall–Kier alpha value is -3.70. The fourth-order valence-electron chi connectivity index (χ4n) is 4.16. The van der Waals surface area contributed by atoms with Crippen LogP contribution in [-0.2, 0) is 12.0 Å². The minimum atomic E-state index is -1.01. The predicted molar refractivity (Wildman–Crippen MR) is 133 cm³/mol. The third kappa shape index (κ3) is 4.52. The lowest BCUT2D eigenvalue weighted by atomic mass is 9.82. The molecule has 0 saturated carbocycles. The van der Waals surface area contributed by atoms with Crippen LogP contribution >= 0.6 is 11.3 Å². The van der Waals surface area contributed by atoms with Gasteiger partial charge in [0.25, 0.3) is 0 Å². The number of hydrogen-bond donors (Lipinski definition) is 2. The highest BCUT2D eigenvalue weighted by molar-refractivity contribution is 7.14. The highest BCUT2D eigenvalue weighted by atomic mass is 32.1. The fraction of sp³-hybridized carbons (Fsp3) is 0.308. The van der Waals surface area contributed by atoms with E-state index in [1.54, 1.807) is 42.3 Å². The maximum atomic E-state index is 12.0. The van der Waals surface area contributed by atoms with Crippen molar-refractivity contribution in [2.24, 2.45) is 10.3 Å². The van der Waals surface area contributed by atoms with Gasteiger partial charge in [0.1, 0.15) is 23.1 Å². The first-order valence-corrected chi connectivity index (χ1v) is 11.8. The van der Waals surface area contributed by atoms with Gasteiger partial charge in [0, 0.05) is 16.5 Å². The quantitative estimate of drug-likeness (QED) is 0.270. The Balaban J connectivity index is 2.17. The number of carbonyl (C=O) groups excluding carboxylic acids is 1. The van der Waals surface area contributed by atoms with E-state index in [1.165, 1.54) is 24.3 Å². The van der Waals surface area contributed by atoms with E-state index in [2.05, 4.69) is 23.0 Å². The maximum absolute atomic E-state index is 12.0. The number of allylic oxidation sites excluding steroid dienone is 3. The molecular weight excluding hydrogens is 448 g/mol. The van der Waals surface area contributed by atoms with E-state index in [0.29, 0.717) is 28.0 Å². The highest BCUT2D eigenvalue weighted by Crippen LogP contribution is 2.52. The molecular formula is C26H28N4O3S. The number of ketones is 1. The maximum Gasteiger partial charge on any atom is 0.169 e. The summed E-state index contributed by atoms with van der Waals surface area (Å²) in [6, 6.07) is 8.49. The molecule has 1 aromatic carbocycles. The van der Waals surface area contributed by atoms with Crippen LogP contribution in [0.1, 0.15) is 59.4 Å². The van der Waals surface area contributed by atoms with E-state index in [4.69, 9.17) is 0 Å². The summed E-state index contributed by atoms with van der Waals surface area (Å²) in [6.45, 7) is 11.1. The minimum absolute atomic E-state index is 0.0219. The molecule has 0 radical (unpaired) electrons. The number of benzene rings is 1. The molecule has 2 atom stereocenters. The molecule has 2 heterocycles. The van der Waals surface area contributed by atoms with Gasteiger partial charge in [-0.2, -0.15) is 10.4 Å². The van der Waals surface area contributed by atoms with Crippen LogP contribution in [0.15, 0.2) is 70.6 Å². The summed E-state index contributed by atoms with van der Waals surface area (Å²) in [4.78, 5) is 13.5. The van der Waals surface area contributed by atoms with Gasteiger partial charge in [0.15, 0.2) is 5.78 Å². The number of phenolic OH excluding ortho intramolecular Hbond substituents is 2. The van der Waals surface area contributed by atoms with Crippen molar-refractivity contribution in [3.8, 4) is 17.6 Å². The number of rotatable bonds is 8. The van der Waals surface area contributed by atoms with Crippen molar-refractivity contribution in [3.63, 3.8) is 0 Å². The lowest BCUT2D eigenvalue weighted by molar-refractivity contribution is 0.102. The molecule has 1 unspecified atom stereocenters. The Morgan fingerprint density at radius 3 is 2.65 bits per heavy atom. The van der Waals surface area contributed by atoms with E-state index in [0.717, 1.165) is 10.5 Å². The minimum Gasteiger partial charge on any atom is -0.508 e. The molecule has 1 aliphatic rings. The summed E-state index contributed by atoms with van der Waals surface area (Å²) in [6.07, 6.45) is 5.70. The third-order valence-corrected chi connectivity index (χ3v) is 7.21. The van der Waals surface area contributed by atoms with E-state index >= 15 is 0 Å². The van der Waals surface area contributed by atoms with Gasteiger partial charge >= 0.3 is 0 Å². The number of Topliss-reactive ketones (excluding diaryl/α,β-unsaturated/α-hetero) is 1. The lowest BCUT2D eigenvalue weighted by Crippen LogP contribution is -2.34. The number of hydrogen-bond acceptors (Lipinski definition) is 8. The van der Waals surface area contributed by atoms with Crippen molar-refractivity contribution >= 4 is 17.1 Å². The second-order valence-corrected chi connectivity index (χ2v) is 9.30. The van der Waals surface area contributed by atoms with Crippen LogP contribution in [0.2, 0.25) is 0 Å². The van der Waals surface area contributed by atoms with Crippen molar-refractivity contribution in [2.75, 3.05) is 6.54 Å². The van der Waals surface area contributed by atoms with Gasteiger partial charge in [-0.3, -0.25) is 9.80 Å². The average Bonchev–Trinajstić information content (AvgIpc) is 3.40. The van der Waals surface area contributed by atoms with Crippen LogP contribution in [0.25, 0.3) is 0 Å². The number of nitrogens with zero attached hydrogens (tertiary/aromatic N) is 4. The number of phenols is 2. The Labute approximate surface area is 203 Å². The fourth-order valence-corrected chi connectivity index (χ4v) is 5.29. The molecule has 34 heavy (non-hydrogen) atoms. The predicted octanol–water partition coefficient (Wildman–Crippen LogP) is 6.15. The van der Waals surface area contributed by atoms with Crippen molar-refractivity contribution in [1.82, 2.24) is 5.01 Å². The topological polar surface area (TPSA) is 109 Å². The van der Waals surface area contributed by atoms with Crippen molar-refractivity contribution in [1.29, 1.82) is 5.26 Å². The zero-order valence-electron chi connectivity index (χ0n) is 19.7. The molecule has 0 aliphatic carbocycles. The first kappa shape index (κ1) is 24.9. The van der Waals surface area contributed by atoms with Crippen molar-refractivity contribution in [2.45, 2.75) is 45.7 Å². The molecule has 1 aromatic heterocycles. The number of carbonyl (C=O) groups is 1. The number of aromatic hydroxyl groups is 2. The van der Waals surface area contributed by atoms with Gasteiger partial charge in [0.05, 0.1) is 23.1 Å². The van der Waals surface area contributed by atoms with Crippen molar-refractivity contribution in [3.05, 3.63) is 81.1 Å². The number of aryl methyl sites for hydroxylation is 1. The smallest absolute Gasteiger partial charge is 0.169 e. The SMILES string of the molecule is C=C/C=C(CN1N=N[C@@](C)(c2cc(CC)c(O)cc2O)C1c1ccc(C(C)=O)s1)\C(C#N)=C/C. The first-order valence-electron chi connectivity index (χ1n) is 10.9. The summed E-state index contributed by atoms with van der Waals surface area (Å²) >= 11 is 1.36. The molecule has 0 saturated heterocycles. The normalized spacial score (nSPS) is 20.4. The molecule has 7 nitrogen and oxygen atoms in total. The van der Waals surface area contributed by atoms with E-state index in [-0.39, 0.29) is 23.8 Å². The molecule has 2 N–H and O–H groups in total. The van der Waals surface area contributed by atoms with Crippen LogP contribution in [0.3, 0.4) is 0 Å². The highest BCUT2D eigenvalue weighted by Gasteiger charge is 2.48. The van der Waals surface area contributed by atoms with Crippen LogP contribution in [-0.4, -0.2) is 27.5 Å². The Morgan fingerprint density at radius 1 is 1.35 bits per heavy atom. The van der Waals surface area contributed by atoms with Gasteiger partial charge in [-0.1, -0.05) is 37.0 Å². The molecule has 0 bridgehead atoms. The zero-order valence-corrected chi connectivity index (χ0v) is 20.6. The molecule has 8 heteroatoms. The van der Waals surface area contributed by atoms with Gasteiger partial charge in [-0.25, -0.2) is 0 Å². The van der Waals surface area contributed by atoms with Gasteiger partial charge in [-0.05, 0) is 56.5 Å². The third-order valence-electron chi connectivity index (χ3n) is 5.97. The summed E-state index contributed by atoms with van der Waals surface area (Å²) < 4.78 is 0. The summed E-state index contributed by atoms with van der Waals surface area (Å²) in [5, 5.41) is 41.4. The number of nitriles is 1. The monoisotopic (exact) mass is 476 g/mol. The number of thiophene rings is 1. The molecule has 2 aromatic rings. The Bertz CT molecular complexity index is 1250. The van der Waals surface area contributed by atoms with E-state index in [9.17, 15) is 20.3 Å². The van der Waals surface area contributed by atoms with E-state index in [1.807, 2.05) is 19.9 Å². The average molecular weight is 477 g/mol. The van der Waals surface area contributed by atoms with Gasteiger partial charge < -0.3 is 10.2 Å². The van der Waals surface area contributed by atoms with Crippen LogP contribution in [0.5, 0.6) is 11.5 Å². The standard InChI is InChI=1S/C26H28N4O3S/c1-6-9-19(18(8-3)14-27)15-30-25(24-11-10-23(34-24)16(4)31)26(5,28-29-30)20-12-17(7-2)21(32)13-22(20)33/h6,8-13,25,32-33H,1,7,15H2,2-5H3/b18-8-,19-9-/t25?,26-/m0/s1.